The Morgan fingerprint density at radius 2 is 1.80 bits per heavy atom. The van der Waals surface area contributed by atoms with Crippen LogP contribution in [0.2, 0.25) is 0 Å². The molecule has 0 spiro atoms. The normalized spacial score (nSPS) is 12.3. The third kappa shape index (κ3) is 2.35. The average molecular weight is 291 g/mol. The van der Waals surface area contributed by atoms with Crippen molar-refractivity contribution in [2.75, 3.05) is 13.3 Å². The summed E-state index contributed by atoms with van der Waals surface area (Å²) in [6.07, 6.45) is 0. The van der Waals surface area contributed by atoms with E-state index >= 15 is 0 Å². The van der Waals surface area contributed by atoms with Gasteiger partial charge in [0.2, 0.25) is 0 Å². The highest BCUT2D eigenvalue weighted by molar-refractivity contribution is 7.70. The van der Waals surface area contributed by atoms with Gasteiger partial charge in [-0.1, -0.05) is 19.9 Å². The maximum Gasteiger partial charge on any atom is 0.253 e. The molecule has 0 bridgehead atoms. The second-order valence-electron chi connectivity index (χ2n) is 6.13. The van der Waals surface area contributed by atoms with Gasteiger partial charge in [0.1, 0.15) is 7.14 Å². The van der Waals surface area contributed by atoms with E-state index in [-0.39, 0.29) is 5.56 Å². The van der Waals surface area contributed by atoms with Crippen LogP contribution in [0.15, 0.2) is 23.0 Å². The van der Waals surface area contributed by atoms with Crippen molar-refractivity contribution in [3.05, 3.63) is 39.7 Å². The van der Waals surface area contributed by atoms with Crippen molar-refractivity contribution in [1.82, 2.24) is 4.57 Å². The summed E-state index contributed by atoms with van der Waals surface area (Å²) < 4.78 is 14.4. The first-order valence-corrected chi connectivity index (χ1v) is 9.43. The highest BCUT2D eigenvalue weighted by atomic mass is 31.2. The van der Waals surface area contributed by atoms with Crippen LogP contribution in [0.5, 0.6) is 0 Å². The second-order valence-corrected chi connectivity index (χ2v) is 9.28. The summed E-state index contributed by atoms with van der Waals surface area (Å²) in [5.74, 6) is 0.306. The Balaban J connectivity index is 3.07. The molecule has 4 heteroatoms. The molecular weight excluding hydrogens is 269 g/mol. The maximum absolute atomic E-state index is 12.8. The summed E-state index contributed by atoms with van der Waals surface area (Å²) in [6, 6.07) is 5.86. The first kappa shape index (κ1) is 15.1. The fraction of sp³-hybridized carbons (Fsp3) is 0.438. The number of nitrogens with zero attached hydrogens (tertiary/aromatic N) is 1. The lowest BCUT2D eigenvalue weighted by molar-refractivity contribution is 0.588. The van der Waals surface area contributed by atoms with E-state index in [9.17, 15) is 9.36 Å². The van der Waals surface area contributed by atoms with Crippen LogP contribution < -0.4 is 10.9 Å². The van der Waals surface area contributed by atoms with Gasteiger partial charge in [-0.05, 0) is 43.9 Å². The lowest BCUT2D eigenvalue weighted by atomic mass is 10.00. The Kier molecular flexibility index (Phi) is 3.68. The Morgan fingerprint density at radius 1 is 1.20 bits per heavy atom. The third-order valence-electron chi connectivity index (χ3n) is 3.75. The molecule has 2 rings (SSSR count). The molecule has 1 heterocycles. The number of benzene rings is 1. The molecule has 0 amide bonds. The van der Waals surface area contributed by atoms with Gasteiger partial charge in [0.25, 0.3) is 5.56 Å². The lowest BCUT2D eigenvalue weighted by Gasteiger charge is -2.20. The van der Waals surface area contributed by atoms with Gasteiger partial charge in [-0.3, -0.25) is 4.79 Å². The number of hydrogen-bond acceptors (Lipinski definition) is 2. The molecular formula is C16H22NO2P. The fourth-order valence-electron chi connectivity index (χ4n) is 2.77. The van der Waals surface area contributed by atoms with E-state index in [4.69, 9.17) is 0 Å². The zero-order valence-electron chi connectivity index (χ0n) is 13.0. The molecule has 0 aliphatic carbocycles. The first-order chi connectivity index (χ1) is 9.14. The minimum atomic E-state index is -2.43. The molecule has 0 radical (unpaired) electrons. The maximum atomic E-state index is 12.8. The number of aromatic nitrogens is 1. The van der Waals surface area contributed by atoms with Crippen molar-refractivity contribution in [3.63, 3.8) is 0 Å². The van der Waals surface area contributed by atoms with Gasteiger partial charge in [-0.25, -0.2) is 0 Å². The van der Waals surface area contributed by atoms with Crippen LogP contribution in [0.3, 0.4) is 0 Å². The van der Waals surface area contributed by atoms with Crippen molar-refractivity contribution in [2.24, 2.45) is 7.05 Å². The largest absolute Gasteiger partial charge is 0.319 e. The summed E-state index contributed by atoms with van der Waals surface area (Å²) in [5, 5.41) is 1.87. The zero-order chi connectivity index (χ0) is 15.2. The van der Waals surface area contributed by atoms with Crippen LogP contribution in [0.25, 0.3) is 10.9 Å². The quantitative estimate of drug-likeness (QED) is 0.797. The minimum absolute atomic E-state index is 0.00258. The Hall–Kier alpha value is -1.34. The molecule has 1 aromatic heterocycles. The van der Waals surface area contributed by atoms with Gasteiger partial charge in [0.15, 0.2) is 0 Å². The van der Waals surface area contributed by atoms with Crippen LogP contribution in [0.4, 0.5) is 0 Å². The molecule has 0 saturated heterocycles. The summed E-state index contributed by atoms with van der Waals surface area (Å²) >= 11 is 0. The average Bonchev–Trinajstić information content (AvgIpc) is 2.33. The van der Waals surface area contributed by atoms with Gasteiger partial charge in [0, 0.05) is 23.3 Å². The van der Waals surface area contributed by atoms with E-state index in [2.05, 4.69) is 13.8 Å². The third-order valence-corrected chi connectivity index (χ3v) is 5.33. The summed E-state index contributed by atoms with van der Waals surface area (Å²) in [5.41, 5.74) is 2.66. The molecule has 0 atom stereocenters. The van der Waals surface area contributed by atoms with Crippen LogP contribution >= 0.6 is 7.14 Å². The van der Waals surface area contributed by atoms with E-state index < -0.39 is 7.14 Å². The topological polar surface area (TPSA) is 39.1 Å². The highest BCUT2D eigenvalue weighted by Gasteiger charge is 2.22. The first-order valence-electron chi connectivity index (χ1n) is 6.83. The van der Waals surface area contributed by atoms with Crippen LogP contribution in [0, 0.1) is 6.92 Å². The van der Waals surface area contributed by atoms with Gasteiger partial charge in [-0.15, -0.1) is 0 Å². The number of pyridine rings is 1. The molecule has 0 aliphatic heterocycles. The Bertz CT molecular complexity index is 781. The minimum Gasteiger partial charge on any atom is -0.319 e. The number of rotatable bonds is 2. The number of hydrogen-bond donors (Lipinski definition) is 0. The van der Waals surface area contributed by atoms with E-state index in [1.165, 1.54) is 0 Å². The van der Waals surface area contributed by atoms with Gasteiger partial charge in [-0.2, -0.15) is 0 Å². The molecule has 0 saturated carbocycles. The SMILES string of the molecule is Cc1cc2c(P(C)(C)=O)c(C(C)C)ccc2n(C)c1=O. The standard InChI is InChI=1S/C16H22NO2P/c1-10(2)12-7-8-14-13(15(12)20(5,6)19)9-11(3)16(18)17(14)4/h7-10H,1-6H3. The van der Waals surface area contributed by atoms with Gasteiger partial charge in [0.05, 0.1) is 5.52 Å². The molecule has 0 aliphatic rings. The Morgan fingerprint density at radius 3 is 2.30 bits per heavy atom. The van der Waals surface area contributed by atoms with Crippen LogP contribution in [-0.4, -0.2) is 17.9 Å². The molecule has 1 aromatic carbocycles. The van der Waals surface area contributed by atoms with E-state index in [1.807, 2.05) is 25.1 Å². The molecule has 2 aromatic rings. The predicted molar refractivity (Wildman–Crippen MR) is 87.1 cm³/mol. The van der Waals surface area contributed by atoms with Gasteiger partial charge >= 0.3 is 0 Å². The predicted octanol–water partition coefficient (Wildman–Crippen LogP) is 3.22. The highest BCUT2D eigenvalue weighted by Crippen LogP contribution is 2.40. The van der Waals surface area contributed by atoms with Crippen molar-refractivity contribution < 1.29 is 4.57 Å². The van der Waals surface area contributed by atoms with Crippen molar-refractivity contribution in [3.8, 4) is 0 Å². The molecule has 0 fully saturated rings. The monoisotopic (exact) mass is 291 g/mol. The van der Waals surface area contributed by atoms with E-state index in [1.54, 1.807) is 24.9 Å². The summed E-state index contributed by atoms with van der Waals surface area (Å²) in [4.78, 5) is 12.1. The van der Waals surface area contributed by atoms with Crippen LogP contribution in [-0.2, 0) is 11.6 Å². The molecule has 20 heavy (non-hydrogen) atoms. The van der Waals surface area contributed by atoms with Crippen molar-refractivity contribution in [1.29, 1.82) is 0 Å². The molecule has 108 valence electrons. The smallest absolute Gasteiger partial charge is 0.253 e. The lowest BCUT2D eigenvalue weighted by Crippen LogP contribution is -2.23. The van der Waals surface area contributed by atoms with Gasteiger partial charge < -0.3 is 9.13 Å². The molecule has 0 N–H and O–H groups in total. The van der Waals surface area contributed by atoms with E-state index in [0.717, 1.165) is 21.8 Å². The van der Waals surface area contributed by atoms with Crippen molar-refractivity contribution in [2.45, 2.75) is 26.7 Å². The van der Waals surface area contributed by atoms with Crippen LogP contribution in [0.1, 0.15) is 30.9 Å². The second kappa shape index (κ2) is 4.89. The summed E-state index contributed by atoms with van der Waals surface area (Å²) in [7, 11) is -0.655. The number of aryl methyl sites for hydroxylation is 2. The molecule has 3 nitrogen and oxygen atoms in total. The number of fused-ring (bicyclic) bond motifs is 1. The Labute approximate surface area is 120 Å². The zero-order valence-corrected chi connectivity index (χ0v) is 13.9. The van der Waals surface area contributed by atoms with E-state index in [0.29, 0.717) is 11.5 Å². The fourth-order valence-corrected chi connectivity index (χ4v) is 4.48. The van der Waals surface area contributed by atoms with Crippen molar-refractivity contribution >= 4 is 23.3 Å². The molecule has 0 unspecified atom stereocenters. The summed E-state index contributed by atoms with van der Waals surface area (Å²) in [6.45, 7) is 9.62.